The average Bonchev–Trinajstić information content (AvgIpc) is 2.92. The molecule has 1 N–H and O–H groups in total. The van der Waals surface area contributed by atoms with Crippen LogP contribution < -0.4 is 0 Å². The van der Waals surface area contributed by atoms with Gasteiger partial charge in [0.05, 0.1) is 11.2 Å². The highest BCUT2D eigenvalue weighted by Gasteiger charge is 2.39. The molecule has 0 saturated carbocycles. The lowest BCUT2D eigenvalue weighted by molar-refractivity contribution is -0.0651. The zero-order valence-electron chi connectivity index (χ0n) is 26.4. The Balaban J connectivity index is 0.000000236. The van der Waals surface area contributed by atoms with Crippen LogP contribution in [0, 0.1) is 0 Å². The Morgan fingerprint density at radius 2 is 1.02 bits per heavy atom. The van der Waals surface area contributed by atoms with Gasteiger partial charge < -0.3 is 29.1 Å². The minimum Gasteiger partial charge on any atom is -0.444 e. The molecule has 0 bridgehead atoms. The van der Waals surface area contributed by atoms with Gasteiger partial charge in [-0.3, -0.25) is 0 Å². The van der Waals surface area contributed by atoms with Crippen LogP contribution in [0.2, 0.25) is 10.0 Å². The highest BCUT2D eigenvalue weighted by Crippen LogP contribution is 2.37. The molecule has 2 heterocycles. The molecule has 2 aliphatic rings. The minimum atomic E-state index is -0.900. The van der Waals surface area contributed by atoms with E-state index in [0.29, 0.717) is 49.1 Å². The molecule has 4 rings (SSSR count). The molecule has 0 radical (unpaired) electrons. The smallest absolute Gasteiger partial charge is 0.410 e. The van der Waals surface area contributed by atoms with Crippen LogP contribution in [-0.2, 0) is 25.4 Å². The van der Waals surface area contributed by atoms with Crippen LogP contribution in [0.25, 0.3) is 0 Å². The first kappa shape index (κ1) is 35.0. The van der Waals surface area contributed by atoms with Crippen LogP contribution in [0.3, 0.4) is 0 Å². The monoisotopic (exact) mass is 636 g/mol. The van der Waals surface area contributed by atoms with Crippen molar-refractivity contribution >= 4 is 35.4 Å². The predicted octanol–water partition coefficient (Wildman–Crippen LogP) is 7.77. The van der Waals surface area contributed by atoms with Crippen LogP contribution in [0.5, 0.6) is 0 Å². The second kappa shape index (κ2) is 14.1. The number of methoxy groups -OCH3 is 1. The molecule has 2 aromatic rings. The molecule has 0 spiro atoms. The molecule has 2 amide bonds. The average molecular weight is 638 g/mol. The lowest BCUT2D eigenvalue weighted by atomic mass is 9.84. The van der Waals surface area contributed by atoms with Gasteiger partial charge >= 0.3 is 12.2 Å². The molecule has 0 aromatic heterocycles. The number of benzene rings is 2. The number of rotatable bonds is 3. The molecule has 10 heteroatoms. The molecule has 2 saturated heterocycles. The number of hydrogen-bond donors (Lipinski definition) is 1. The fourth-order valence-corrected chi connectivity index (χ4v) is 5.43. The SMILES string of the molecule is CC(C)(C)OC(=O)N1CCC(O)(c2ccc(Cl)cc2)CC1.COC1(c2ccc(Cl)cc2)CCN(C(=O)OC(C)(C)C)CC1. The van der Waals surface area contributed by atoms with E-state index in [2.05, 4.69) is 0 Å². The number of hydrogen-bond acceptors (Lipinski definition) is 6. The quantitative estimate of drug-likeness (QED) is 0.370. The summed E-state index contributed by atoms with van der Waals surface area (Å²) < 4.78 is 16.6. The number of likely N-dealkylation sites (tertiary alicyclic amines) is 2. The van der Waals surface area contributed by atoms with E-state index in [4.69, 9.17) is 37.4 Å². The van der Waals surface area contributed by atoms with Crippen molar-refractivity contribution in [2.24, 2.45) is 0 Å². The summed E-state index contributed by atoms with van der Waals surface area (Å²) in [6.07, 6.45) is 1.89. The van der Waals surface area contributed by atoms with Crippen LogP contribution in [0.15, 0.2) is 48.5 Å². The molecule has 43 heavy (non-hydrogen) atoms. The Kier molecular flexibility index (Phi) is 11.4. The van der Waals surface area contributed by atoms with E-state index in [9.17, 15) is 14.7 Å². The normalized spacial score (nSPS) is 18.3. The second-order valence-electron chi connectivity index (χ2n) is 13.2. The van der Waals surface area contributed by atoms with Gasteiger partial charge in [-0.15, -0.1) is 0 Å². The Labute approximate surface area is 266 Å². The first-order valence-electron chi connectivity index (χ1n) is 14.7. The number of nitrogens with zero attached hydrogens (tertiary/aromatic N) is 2. The lowest BCUT2D eigenvalue weighted by Crippen LogP contribution is -2.47. The van der Waals surface area contributed by atoms with Crippen LogP contribution in [0.4, 0.5) is 9.59 Å². The standard InChI is InChI=1S/C17H24ClNO3.C16H22ClNO3/c1-16(2,3)22-15(20)19-11-9-17(21-4,10-12-19)13-5-7-14(18)8-6-13;1-15(2,3)21-14(19)18-10-8-16(20,9-11-18)12-4-6-13(17)7-5-12/h5-8H,9-12H2,1-4H3;4-7,20H,8-11H2,1-3H3. The molecule has 2 fully saturated rings. The third kappa shape index (κ3) is 10.00. The van der Waals surface area contributed by atoms with Crippen molar-refractivity contribution in [2.75, 3.05) is 33.3 Å². The molecule has 2 aliphatic heterocycles. The first-order chi connectivity index (χ1) is 20.0. The Morgan fingerprint density at radius 3 is 1.37 bits per heavy atom. The first-order valence-corrected chi connectivity index (χ1v) is 15.5. The zero-order valence-corrected chi connectivity index (χ0v) is 27.9. The number of ether oxygens (including phenoxy) is 3. The Bertz CT molecular complexity index is 1210. The molecule has 238 valence electrons. The zero-order chi connectivity index (χ0) is 32.1. The van der Waals surface area contributed by atoms with E-state index >= 15 is 0 Å². The number of carbonyl (C=O) groups excluding carboxylic acids is 2. The topological polar surface area (TPSA) is 88.5 Å². The van der Waals surface area contributed by atoms with Gasteiger partial charge in [-0.25, -0.2) is 9.59 Å². The number of piperidine rings is 2. The molecule has 2 aromatic carbocycles. The minimum absolute atomic E-state index is 0.256. The van der Waals surface area contributed by atoms with Crippen LogP contribution in [0.1, 0.15) is 78.4 Å². The molecular weight excluding hydrogens is 591 g/mol. The third-order valence-electron chi connectivity index (χ3n) is 7.61. The van der Waals surface area contributed by atoms with Gasteiger partial charge in [0.1, 0.15) is 11.2 Å². The van der Waals surface area contributed by atoms with E-state index in [-0.39, 0.29) is 17.8 Å². The maximum Gasteiger partial charge on any atom is 0.410 e. The van der Waals surface area contributed by atoms with Crippen molar-refractivity contribution in [3.05, 3.63) is 69.7 Å². The highest BCUT2D eigenvalue weighted by molar-refractivity contribution is 6.30. The largest absolute Gasteiger partial charge is 0.444 e. The molecule has 0 atom stereocenters. The van der Waals surface area contributed by atoms with Crippen molar-refractivity contribution in [3.8, 4) is 0 Å². The van der Waals surface area contributed by atoms with Crippen molar-refractivity contribution in [1.82, 2.24) is 9.80 Å². The van der Waals surface area contributed by atoms with Gasteiger partial charge in [0.15, 0.2) is 0 Å². The van der Waals surface area contributed by atoms with Crippen LogP contribution in [-0.4, -0.2) is 71.6 Å². The summed E-state index contributed by atoms with van der Waals surface area (Å²) in [7, 11) is 1.72. The number of carbonyl (C=O) groups is 2. The third-order valence-corrected chi connectivity index (χ3v) is 8.11. The van der Waals surface area contributed by atoms with Gasteiger partial charge in [-0.05, 0) is 103 Å². The summed E-state index contributed by atoms with van der Waals surface area (Å²) in [5.41, 5.74) is -0.282. The summed E-state index contributed by atoms with van der Waals surface area (Å²) in [6, 6.07) is 15.0. The van der Waals surface area contributed by atoms with E-state index < -0.39 is 16.8 Å². The van der Waals surface area contributed by atoms with Gasteiger partial charge in [0.2, 0.25) is 0 Å². The Morgan fingerprint density at radius 1 is 0.674 bits per heavy atom. The second-order valence-corrected chi connectivity index (χ2v) is 14.1. The van der Waals surface area contributed by atoms with Crippen molar-refractivity contribution in [1.29, 1.82) is 0 Å². The van der Waals surface area contributed by atoms with Crippen molar-refractivity contribution < 1.29 is 28.9 Å². The maximum absolute atomic E-state index is 12.1. The number of halogens is 2. The van der Waals surface area contributed by atoms with Crippen molar-refractivity contribution in [2.45, 2.75) is 89.6 Å². The fraction of sp³-hybridized carbons (Fsp3) is 0.576. The molecular formula is C33H46Cl2N2O6. The van der Waals surface area contributed by atoms with Gasteiger partial charge in [0.25, 0.3) is 0 Å². The van der Waals surface area contributed by atoms with Crippen molar-refractivity contribution in [3.63, 3.8) is 0 Å². The molecule has 8 nitrogen and oxygen atoms in total. The Hall–Kier alpha value is -2.52. The highest BCUT2D eigenvalue weighted by atomic mass is 35.5. The van der Waals surface area contributed by atoms with Gasteiger partial charge in [-0.1, -0.05) is 47.5 Å². The van der Waals surface area contributed by atoms with E-state index in [1.54, 1.807) is 29.0 Å². The van der Waals surface area contributed by atoms with Gasteiger partial charge in [-0.2, -0.15) is 0 Å². The summed E-state index contributed by atoms with van der Waals surface area (Å²) in [6.45, 7) is 13.4. The fourth-order valence-electron chi connectivity index (χ4n) is 5.18. The van der Waals surface area contributed by atoms with Gasteiger partial charge in [0, 0.05) is 43.3 Å². The van der Waals surface area contributed by atoms with E-state index in [0.717, 1.165) is 24.0 Å². The summed E-state index contributed by atoms with van der Waals surface area (Å²) in [5, 5.41) is 12.1. The summed E-state index contributed by atoms with van der Waals surface area (Å²) in [5.74, 6) is 0. The van der Waals surface area contributed by atoms with E-state index in [1.807, 2.05) is 77.9 Å². The maximum atomic E-state index is 12.1. The summed E-state index contributed by atoms with van der Waals surface area (Å²) in [4.78, 5) is 27.5. The lowest BCUT2D eigenvalue weighted by Gasteiger charge is -2.41. The molecule has 0 aliphatic carbocycles. The molecule has 0 unspecified atom stereocenters. The summed E-state index contributed by atoms with van der Waals surface area (Å²) >= 11 is 11.8. The predicted molar refractivity (Wildman–Crippen MR) is 170 cm³/mol. The number of amides is 2. The number of aliphatic hydroxyl groups is 1. The van der Waals surface area contributed by atoms with Crippen LogP contribution >= 0.6 is 23.2 Å². The van der Waals surface area contributed by atoms with E-state index in [1.165, 1.54) is 0 Å².